The van der Waals surface area contributed by atoms with Crippen LogP contribution in [0.15, 0.2) is 45.9 Å². The van der Waals surface area contributed by atoms with Gasteiger partial charge in [0.2, 0.25) is 10.0 Å². The average Bonchev–Trinajstić information content (AvgIpc) is 3.34. The maximum atomic E-state index is 12.9. The number of rotatable bonds is 5. The van der Waals surface area contributed by atoms with Gasteiger partial charge in [0.25, 0.3) is 11.8 Å². The van der Waals surface area contributed by atoms with Crippen molar-refractivity contribution in [1.29, 1.82) is 0 Å². The minimum absolute atomic E-state index is 0.0600. The Morgan fingerprint density at radius 2 is 1.69 bits per heavy atom. The van der Waals surface area contributed by atoms with Crippen LogP contribution in [0.25, 0.3) is 0 Å². The first kappa shape index (κ1) is 19.9. The Balaban J connectivity index is 1.45. The van der Waals surface area contributed by atoms with Crippen molar-refractivity contribution in [3.05, 3.63) is 52.9 Å². The molecule has 10 heteroatoms. The number of nitrogens with one attached hydrogen (secondary N) is 1. The summed E-state index contributed by atoms with van der Waals surface area (Å²) in [4.78, 5) is 28.3. The third-order valence-electron chi connectivity index (χ3n) is 4.95. The normalized spacial score (nSPS) is 17.4. The van der Waals surface area contributed by atoms with Crippen molar-refractivity contribution in [3.8, 4) is 0 Å². The number of hydrogen-bond acceptors (Lipinski definition) is 5. The molecule has 1 aromatic heterocycles. The van der Waals surface area contributed by atoms with Gasteiger partial charge in [-0.2, -0.15) is 0 Å². The van der Waals surface area contributed by atoms with Crippen molar-refractivity contribution in [2.75, 3.05) is 26.2 Å². The molecule has 2 heterocycles. The molecule has 2 amide bonds. The van der Waals surface area contributed by atoms with E-state index >= 15 is 0 Å². The van der Waals surface area contributed by atoms with Gasteiger partial charge in [-0.05, 0) is 43.2 Å². The minimum atomic E-state index is -3.78. The first-order chi connectivity index (χ1) is 13.8. The van der Waals surface area contributed by atoms with Crippen molar-refractivity contribution in [2.24, 2.45) is 0 Å². The number of carbonyl (C=O) groups excluding carboxylic acids is 2. The molecule has 2 aliphatic rings. The molecule has 0 bridgehead atoms. The van der Waals surface area contributed by atoms with Gasteiger partial charge in [-0.25, -0.2) is 13.1 Å². The van der Waals surface area contributed by atoms with Crippen LogP contribution < -0.4 is 4.72 Å². The van der Waals surface area contributed by atoms with E-state index in [4.69, 9.17) is 16.0 Å². The van der Waals surface area contributed by atoms with Gasteiger partial charge in [0.15, 0.2) is 5.76 Å². The molecule has 29 heavy (non-hydrogen) atoms. The van der Waals surface area contributed by atoms with Gasteiger partial charge in [0.05, 0.1) is 11.3 Å². The fourth-order valence-corrected chi connectivity index (χ4v) is 5.01. The van der Waals surface area contributed by atoms with Crippen LogP contribution >= 0.6 is 11.6 Å². The molecular weight excluding hydrogens is 418 g/mol. The van der Waals surface area contributed by atoms with Crippen LogP contribution in [0.2, 0.25) is 5.02 Å². The zero-order valence-corrected chi connectivity index (χ0v) is 17.1. The van der Waals surface area contributed by atoms with Crippen LogP contribution in [-0.2, 0) is 10.0 Å². The van der Waals surface area contributed by atoms with Gasteiger partial charge in [-0.3, -0.25) is 9.59 Å². The molecule has 4 rings (SSSR count). The number of hydrogen-bond donors (Lipinski definition) is 1. The van der Waals surface area contributed by atoms with Gasteiger partial charge in [0.1, 0.15) is 4.90 Å². The second-order valence-electron chi connectivity index (χ2n) is 7.10. The maximum absolute atomic E-state index is 12.9. The summed E-state index contributed by atoms with van der Waals surface area (Å²) in [6.07, 6.45) is 3.05. The van der Waals surface area contributed by atoms with Crippen LogP contribution in [0.5, 0.6) is 0 Å². The Morgan fingerprint density at radius 3 is 2.28 bits per heavy atom. The smallest absolute Gasteiger partial charge is 0.289 e. The topological polar surface area (TPSA) is 99.9 Å². The summed E-state index contributed by atoms with van der Waals surface area (Å²) in [6, 6.07) is 7.45. The van der Waals surface area contributed by atoms with Gasteiger partial charge in [0, 0.05) is 37.8 Å². The van der Waals surface area contributed by atoms with Gasteiger partial charge >= 0.3 is 0 Å². The lowest BCUT2D eigenvalue weighted by molar-refractivity contribution is 0.0518. The van der Waals surface area contributed by atoms with E-state index < -0.39 is 10.0 Å². The Bertz CT molecular complexity index is 1030. The highest BCUT2D eigenvalue weighted by Crippen LogP contribution is 2.27. The van der Waals surface area contributed by atoms with Crippen LogP contribution in [0.3, 0.4) is 0 Å². The monoisotopic (exact) mass is 437 g/mol. The van der Waals surface area contributed by atoms with Gasteiger partial charge < -0.3 is 14.2 Å². The summed E-state index contributed by atoms with van der Waals surface area (Å²) in [5.74, 6) is -0.247. The second-order valence-corrected chi connectivity index (χ2v) is 9.19. The summed E-state index contributed by atoms with van der Waals surface area (Å²) in [7, 11) is -3.78. The van der Waals surface area contributed by atoms with Gasteiger partial charge in [-0.15, -0.1) is 0 Å². The molecular formula is C19H20ClN3O5S. The molecule has 1 aliphatic heterocycles. The Morgan fingerprint density at radius 1 is 1.03 bits per heavy atom. The van der Waals surface area contributed by atoms with Crippen LogP contribution in [0.4, 0.5) is 0 Å². The summed E-state index contributed by atoms with van der Waals surface area (Å²) in [6.45, 7) is 1.42. The lowest BCUT2D eigenvalue weighted by Gasteiger charge is -2.34. The molecule has 1 saturated heterocycles. The number of amides is 2. The number of benzene rings is 1. The predicted octanol–water partition coefficient (Wildman–Crippen LogP) is 1.97. The number of carbonyl (C=O) groups is 2. The van der Waals surface area contributed by atoms with Crippen molar-refractivity contribution in [2.45, 2.75) is 23.8 Å². The number of halogens is 1. The van der Waals surface area contributed by atoms with E-state index in [1.807, 2.05) is 0 Å². The summed E-state index contributed by atoms with van der Waals surface area (Å²) in [5.41, 5.74) is 0.247. The molecule has 8 nitrogen and oxygen atoms in total. The molecule has 0 unspecified atom stereocenters. The van der Waals surface area contributed by atoms with Crippen LogP contribution in [0, 0.1) is 0 Å². The molecule has 0 spiro atoms. The Kier molecular flexibility index (Phi) is 5.37. The standard InChI is InChI=1S/C19H20ClN3O5S/c20-15-6-3-13(12-17(15)29(26,27)21-14-4-5-14)18(24)22-7-9-23(10-8-22)19(25)16-2-1-11-28-16/h1-3,6,11-12,14,21H,4-5,7-10H2. The van der Waals surface area contributed by atoms with Crippen molar-refractivity contribution >= 4 is 33.4 Å². The van der Waals surface area contributed by atoms with Crippen LogP contribution in [0.1, 0.15) is 33.8 Å². The maximum Gasteiger partial charge on any atom is 0.289 e. The largest absolute Gasteiger partial charge is 0.459 e. The highest BCUT2D eigenvalue weighted by Gasteiger charge is 2.31. The SMILES string of the molecule is O=C(c1ccc(Cl)c(S(=O)(=O)NC2CC2)c1)N1CCN(C(=O)c2ccco2)CC1. The number of furan rings is 1. The fourth-order valence-electron chi connectivity index (χ4n) is 3.18. The minimum Gasteiger partial charge on any atom is -0.459 e. The van der Waals surface area contributed by atoms with Gasteiger partial charge in [-0.1, -0.05) is 11.6 Å². The lowest BCUT2D eigenvalue weighted by atomic mass is 10.1. The Labute approximate surface area is 173 Å². The highest BCUT2D eigenvalue weighted by molar-refractivity contribution is 7.89. The molecule has 0 atom stereocenters. The molecule has 1 aliphatic carbocycles. The van der Waals surface area contributed by atoms with Crippen molar-refractivity contribution in [1.82, 2.24) is 14.5 Å². The molecule has 2 fully saturated rings. The highest BCUT2D eigenvalue weighted by atomic mass is 35.5. The third kappa shape index (κ3) is 4.31. The quantitative estimate of drug-likeness (QED) is 0.770. The summed E-state index contributed by atoms with van der Waals surface area (Å²) < 4.78 is 32.7. The van der Waals surface area contributed by atoms with E-state index in [1.165, 1.54) is 24.5 Å². The third-order valence-corrected chi connectivity index (χ3v) is 6.95. The van der Waals surface area contributed by atoms with E-state index in [1.54, 1.807) is 21.9 Å². The summed E-state index contributed by atoms with van der Waals surface area (Å²) >= 11 is 6.08. The summed E-state index contributed by atoms with van der Waals surface area (Å²) in [5, 5.41) is 0.0727. The fraction of sp³-hybridized carbons (Fsp3) is 0.368. The number of piperazine rings is 1. The van der Waals surface area contributed by atoms with E-state index in [0.717, 1.165) is 12.8 Å². The predicted molar refractivity (Wildman–Crippen MR) is 105 cm³/mol. The average molecular weight is 438 g/mol. The Hall–Kier alpha value is -2.36. The van der Waals surface area contributed by atoms with E-state index in [9.17, 15) is 18.0 Å². The lowest BCUT2D eigenvalue weighted by Crippen LogP contribution is -2.50. The molecule has 1 saturated carbocycles. The first-order valence-corrected chi connectivity index (χ1v) is 11.2. The number of sulfonamides is 1. The van der Waals surface area contributed by atoms with Crippen molar-refractivity contribution in [3.63, 3.8) is 0 Å². The molecule has 0 radical (unpaired) electrons. The van der Waals surface area contributed by atoms with E-state index in [0.29, 0.717) is 26.2 Å². The zero-order valence-electron chi connectivity index (χ0n) is 15.5. The van der Waals surface area contributed by atoms with Crippen LogP contribution in [-0.4, -0.2) is 62.3 Å². The van der Waals surface area contributed by atoms with E-state index in [-0.39, 0.29) is 39.1 Å². The zero-order chi connectivity index (χ0) is 20.6. The molecule has 1 N–H and O–H groups in total. The van der Waals surface area contributed by atoms with Crippen molar-refractivity contribution < 1.29 is 22.4 Å². The van der Waals surface area contributed by atoms with E-state index in [2.05, 4.69) is 4.72 Å². The molecule has 154 valence electrons. The second kappa shape index (κ2) is 7.81. The molecule has 2 aromatic rings. The molecule has 1 aromatic carbocycles. The first-order valence-electron chi connectivity index (χ1n) is 9.29. The number of nitrogens with zero attached hydrogens (tertiary/aromatic N) is 2.